The van der Waals surface area contributed by atoms with Gasteiger partial charge in [0.05, 0.1) is 11.4 Å². The van der Waals surface area contributed by atoms with Crippen molar-refractivity contribution in [2.24, 2.45) is 0 Å². The molecule has 1 amide bonds. The lowest BCUT2D eigenvalue weighted by molar-refractivity contribution is -0.128. The zero-order valence-electron chi connectivity index (χ0n) is 11.7. The Labute approximate surface area is 132 Å². The van der Waals surface area contributed by atoms with Gasteiger partial charge in [0.1, 0.15) is 0 Å². The van der Waals surface area contributed by atoms with E-state index in [0.717, 1.165) is 12.8 Å². The maximum absolute atomic E-state index is 12.3. The number of carbonyl (C=O) groups excluding carboxylic acids is 1. The lowest BCUT2D eigenvalue weighted by atomic mass is 10.2. The number of likely N-dealkylation sites (tertiary alicyclic amines) is 1. The zero-order chi connectivity index (χ0) is 15.6. The summed E-state index contributed by atoms with van der Waals surface area (Å²) in [5.74, 6) is -0.198. The number of anilines is 1. The van der Waals surface area contributed by atoms with Crippen molar-refractivity contribution in [1.29, 1.82) is 0 Å². The van der Waals surface area contributed by atoms with E-state index in [1.54, 1.807) is 17.9 Å². The van der Waals surface area contributed by atoms with Crippen LogP contribution >= 0.6 is 15.9 Å². The summed E-state index contributed by atoms with van der Waals surface area (Å²) in [5, 5.41) is 0. The van der Waals surface area contributed by atoms with E-state index in [0.29, 0.717) is 28.8 Å². The molecule has 6 nitrogen and oxygen atoms in total. The third-order valence-corrected chi connectivity index (χ3v) is 5.51. The molecule has 2 rings (SSSR count). The van der Waals surface area contributed by atoms with Gasteiger partial charge in [-0.1, -0.05) is 15.9 Å². The van der Waals surface area contributed by atoms with Crippen molar-refractivity contribution in [2.75, 3.05) is 25.4 Å². The van der Waals surface area contributed by atoms with Gasteiger partial charge in [-0.25, -0.2) is 13.1 Å². The molecule has 0 unspecified atom stereocenters. The molecule has 1 aromatic carbocycles. The molecule has 116 valence electrons. The summed E-state index contributed by atoms with van der Waals surface area (Å²) in [6.45, 7) is 2.81. The molecule has 1 fully saturated rings. The van der Waals surface area contributed by atoms with Gasteiger partial charge in [0.2, 0.25) is 15.9 Å². The highest BCUT2D eigenvalue weighted by Gasteiger charge is 2.23. The van der Waals surface area contributed by atoms with E-state index in [1.807, 2.05) is 0 Å². The summed E-state index contributed by atoms with van der Waals surface area (Å²) in [6.07, 6.45) is 1.94. The summed E-state index contributed by atoms with van der Waals surface area (Å²) in [5.41, 5.74) is 6.63. The van der Waals surface area contributed by atoms with Crippen LogP contribution in [-0.4, -0.2) is 38.9 Å². The van der Waals surface area contributed by atoms with Gasteiger partial charge < -0.3 is 10.6 Å². The molecule has 1 aliphatic rings. The zero-order valence-corrected chi connectivity index (χ0v) is 14.1. The molecule has 0 atom stereocenters. The monoisotopic (exact) mass is 375 g/mol. The Morgan fingerprint density at radius 3 is 2.62 bits per heavy atom. The highest BCUT2D eigenvalue weighted by Crippen LogP contribution is 2.26. The van der Waals surface area contributed by atoms with Gasteiger partial charge in [0, 0.05) is 23.2 Å². The van der Waals surface area contributed by atoms with Gasteiger partial charge in [-0.2, -0.15) is 0 Å². The first-order valence-electron chi connectivity index (χ1n) is 6.64. The van der Waals surface area contributed by atoms with E-state index in [4.69, 9.17) is 5.73 Å². The molecule has 21 heavy (non-hydrogen) atoms. The molecular weight excluding hydrogens is 358 g/mol. The topological polar surface area (TPSA) is 92.5 Å². The number of benzene rings is 1. The van der Waals surface area contributed by atoms with Crippen LogP contribution in [0.2, 0.25) is 0 Å². The van der Waals surface area contributed by atoms with Gasteiger partial charge in [-0.05, 0) is 37.5 Å². The smallest absolute Gasteiger partial charge is 0.241 e. The lowest BCUT2D eigenvalue weighted by Crippen LogP contribution is -2.38. The standard InChI is InChI=1S/C13H18BrN3O3S/c1-9-11(15)6-10(14)7-12(9)21(19,20)16-8-13(18)17-4-2-3-5-17/h6-7,16H,2-5,8,15H2,1H3. The first-order chi connectivity index (χ1) is 9.81. The average Bonchev–Trinajstić information content (AvgIpc) is 2.94. The van der Waals surface area contributed by atoms with Crippen LogP contribution in [0.5, 0.6) is 0 Å². The van der Waals surface area contributed by atoms with Gasteiger partial charge in [0.25, 0.3) is 0 Å². The Kier molecular flexibility index (Phi) is 4.90. The summed E-state index contributed by atoms with van der Waals surface area (Å²) in [7, 11) is -3.77. The lowest BCUT2D eigenvalue weighted by Gasteiger charge is -2.16. The van der Waals surface area contributed by atoms with Crippen molar-refractivity contribution in [3.8, 4) is 0 Å². The second-order valence-electron chi connectivity index (χ2n) is 5.03. The minimum Gasteiger partial charge on any atom is -0.398 e. The number of amides is 1. The van der Waals surface area contributed by atoms with E-state index in [1.165, 1.54) is 6.07 Å². The van der Waals surface area contributed by atoms with Crippen LogP contribution in [0.3, 0.4) is 0 Å². The van der Waals surface area contributed by atoms with E-state index >= 15 is 0 Å². The maximum atomic E-state index is 12.3. The van der Waals surface area contributed by atoms with Crippen LogP contribution in [0.1, 0.15) is 18.4 Å². The second-order valence-corrected chi connectivity index (χ2v) is 7.68. The number of nitrogen functional groups attached to an aromatic ring is 1. The van der Waals surface area contributed by atoms with Crippen LogP contribution in [0, 0.1) is 6.92 Å². The Bertz CT molecular complexity index is 655. The maximum Gasteiger partial charge on any atom is 0.241 e. The second kappa shape index (κ2) is 6.33. The molecule has 0 radical (unpaired) electrons. The van der Waals surface area contributed by atoms with Crippen LogP contribution < -0.4 is 10.5 Å². The van der Waals surface area contributed by atoms with Crippen molar-refractivity contribution in [3.05, 3.63) is 22.2 Å². The van der Waals surface area contributed by atoms with E-state index < -0.39 is 10.0 Å². The number of hydrogen-bond acceptors (Lipinski definition) is 4. The van der Waals surface area contributed by atoms with Crippen LogP contribution in [0.25, 0.3) is 0 Å². The Morgan fingerprint density at radius 2 is 2.00 bits per heavy atom. The van der Waals surface area contributed by atoms with Gasteiger partial charge >= 0.3 is 0 Å². The van der Waals surface area contributed by atoms with Crippen LogP contribution in [0.15, 0.2) is 21.5 Å². The van der Waals surface area contributed by atoms with Crippen molar-refractivity contribution >= 4 is 37.5 Å². The molecule has 1 saturated heterocycles. The molecule has 0 saturated carbocycles. The quantitative estimate of drug-likeness (QED) is 0.774. The van der Waals surface area contributed by atoms with Gasteiger partial charge in [-0.3, -0.25) is 4.79 Å². The number of nitrogens with two attached hydrogens (primary N) is 1. The third-order valence-electron chi connectivity index (χ3n) is 3.53. The number of hydrogen-bond donors (Lipinski definition) is 2. The Balaban J connectivity index is 2.13. The number of carbonyl (C=O) groups is 1. The molecule has 1 aliphatic heterocycles. The predicted molar refractivity (Wildman–Crippen MR) is 84.3 cm³/mol. The molecular formula is C13H18BrN3O3S. The molecule has 0 aromatic heterocycles. The number of sulfonamides is 1. The first kappa shape index (κ1) is 16.3. The number of nitrogens with one attached hydrogen (secondary N) is 1. The van der Waals surface area contributed by atoms with Crippen molar-refractivity contribution in [1.82, 2.24) is 9.62 Å². The number of nitrogens with zero attached hydrogens (tertiary/aromatic N) is 1. The van der Waals surface area contributed by atoms with Crippen molar-refractivity contribution < 1.29 is 13.2 Å². The van der Waals surface area contributed by atoms with E-state index in [9.17, 15) is 13.2 Å². The Hall–Kier alpha value is -1.12. The minimum absolute atomic E-state index is 0.0867. The SMILES string of the molecule is Cc1c(N)cc(Br)cc1S(=O)(=O)NCC(=O)N1CCCC1. The molecule has 1 heterocycles. The van der Waals surface area contributed by atoms with Gasteiger partial charge in [-0.15, -0.1) is 0 Å². The summed E-state index contributed by atoms with van der Waals surface area (Å²) >= 11 is 3.23. The fourth-order valence-corrected chi connectivity index (χ4v) is 4.17. The Morgan fingerprint density at radius 1 is 1.38 bits per heavy atom. The fraction of sp³-hybridized carbons (Fsp3) is 0.462. The number of rotatable bonds is 4. The van der Waals surface area contributed by atoms with Crippen molar-refractivity contribution in [2.45, 2.75) is 24.7 Å². The molecule has 0 bridgehead atoms. The highest BCUT2D eigenvalue weighted by atomic mass is 79.9. The average molecular weight is 376 g/mol. The molecule has 1 aromatic rings. The largest absolute Gasteiger partial charge is 0.398 e. The van der Waals surface area contributed by atoms with Gasteiger partial charge in [0.15, 0.2) is 0 Å². The predicted octanol–water partition coefficient (Wildman–Crippen LogP) is 1.24. The van der Waals surface area contributed by atoms with Crippen LogP contribution in [0.4, 0.5) is 5.69 Å². The number of halogens is 1. The van der Waals surface area contributed by atoms with E-state index in [-0.39, 0.29) is 17.3 Å². The third kappa shape index (κ3) is 3.75. The molecule has 0 spiro atoms. The van der Waals surface area contributed by atoms with Crippen LogP contribution in [-0.2, 0) is 14.8 Å². The molecule has 0 aliphatic carbocycles. The fourth-order valence-electron chi connectivity index (χ4n) is 2.27. The first-order valence-corrected chi connectivity index (χ1v) is 8.92. The molecule has 3 N–H and O–H groups in total. The highest BCUT2D eigenvalue weighted by molar-refractivity contribution is 9.10. The minimum atomic E-state index is -3.77. The summed E-state index contributed by atoms with van der Waals surface area (Å²) in [4.78, 5) is 13.7. The van der Waals surface area contributed by atoms with Crippen molar-refractivity contribution in [3.63, 3.8) is 0 Å². The summed E-state index contributed by atoms with van der Waals surface area (Å²) in [6, 6.07) is 3.12. The normalized spacial score (nSPS) is 15.4. The molecule has 8 heteroatoms. The van der Waals surface area contributed by atoms with E-state index in [2.05, 4.69) is 20.7 Å². The summed E-state index contributed by atoms with van der Waals surface area (Å²) < 4.78 is 27.6.